The minimum absolute atomic E-state index is 0.104. The van der Waals surface area contributed by atoms with Crippen LogP contribution in [0.25, 0.3) is 0 Å². The van der Waals surface area contributed by atoms with Crippen molar-refractivity contribution in [2.45, 2.75) is 33.6 Å². The summed E-state index contributed by atoms with van der Waals surface area (Å²) in [5.74, 6) is 0.104. The first kappa shape index (κ1) is 15.0. The average Bonchev–Trinajstić information content (AvgIpc) is 2.45. The summed E-state index contributed by atoms with van der Waals surface area (Å²) in [4.78, 5) is 12.6. The summed E-state index contributed by atoms with van der Waals surface area (Å²) in [6, 6.07) is 11.9. The normalized spacial score (nSPS) is 10.6. The molecule has 0 radical (unpaired) electrons. The van der Waals surface area contributed by atoms with Crippen LogP contribution in [0.3, 0.4) is 0 Å². The van der Waals surface area contributed by atoms with Crippen molar-refractivity contribution in [3.05, 3.63) is 68.7 Å². The number of ketones is 1. The topological polar surface area (TPSA) is 17.1 Å². The highest BCUT2D eigenvalue weighted by molar-refractivity contribution is 9.10. The van der Waals surface area contributed by atoms with E-state index >= 15 is 0 Å². The molecule has 2 aromatic rings. The van der Waals surface area contributed by atoms with Crippen molar-refractivity contribution in [3.63, 3.8) is 0 Å². The van der Waals surface area contributed by atoms with Crippen LogP contribution in [0.5, 0.6) is 0 Å². The maximum absolute atomic E-state index is 12.6. The monoisotopic (exact) mass is 330 g/mol. The molecule has 0 aliphatic heterocycles. The summed E-state index contributed by atoms with van der Waals surface area (Å²) in [5.41, 5.74) is 5.16. The molecule has 0 bridgehead atoms. The van der Waals surface area contributed by atoms with Crippen molar-refractivity contribution in [3.8, 4) is 0 Å². The molecular formula is C18H19BrO. The van der Waals surface area contributed by atoms with Crippen molar-refractivity contribution >= 4 is 21.7 Å². The molecule has 0 saturated heterocycles. The fraction of sp³-hybridized carbons (Fsp3) is 0.278. The van der Waals surface area contributed by atoms with Crippen LogP contribution in [0.1, 0.15) is 46.5 Å². The van der Waals surface area contributed by atoms with Gasteiger partial charge in [0, 0.05) is 15.6 Å². The molecule has 0 aliphatic rings. The molecule has 0 atom stereocenters. The van der Waals surface area contributed by atoms with Gasteiger partial charge in [0.15, 0.2) is 5.78 Å². The zero-order chi connectivity index (χ0) is 14.7. The Balaban J connectivity index is 2.43. The Morgan fingerprint density at radius 3 is 2.30 bits per heavy atom. The van der Waals surface area contributed by atoms with Gasteiger partial charge in [-0.3, -0.25) is 4.79 Å². The maximum atomic E-state index is 12.6. The summed E-state index contributed by atoms with van der Waals surface area (Å²) in [6.07, 6.45) is 1.97. The summed E-state index contributed by atoms with van der Waals surface area (Å²) >= 11 is 3.43. The van der Waals surface area contributed by atoms with Crippen LogP contribution in [-0.4, -0.2) is 5.78 Å². The van der Waals surface area contributed by atoms with Gasteiger partial charge in [-0.2, -0.15) is 0 Å². The Bertz CT molecular complexity index is 644. The molecule has 0 heterocycles. The van der Waals surface area contributed by atoms with Crippen molar-refractivity contribution in [1.29, 1.82) is 0 Å². The molecule has 104 valence electrons. The molecule has 0 N–H and O–H groups in total. The number of rotatable bonds is 4. The zero-order valence-corrected chi connectivity index (χ0v) is 13.8. The van der Waals surface area contributed by atoms with Gasteiger partial charge in [0.05, 0.1) is 0 Å². The Morgan fingerprint density at radius 1 is 1.00 bits per heavy atom. The van der Waals surface area contributed by atoms with Gasteiger partial charge in [0.1, 0.15) is 0 Å². The molecule has 2 heteroatoms. The van der Waals surface area contributed by atoms with Crippen molar-refractivity contribution < 1.29 is 4.79 Å². The zero-order valence-electron chi connectivity index (χ0n) is 12.2. The van der Waals surface area contributed by atoms with Crippen LogP contribution < -0.4 is 0 Å². The van der Waals surface area contributed by atoms with E-state index in [9.17, 15) is 4.79 Å². The van der Waals surface area contributed by atoms with Gasteiger partial charge in [-0.1, -0.05) is 41.9 Å². The summed E-state index contributed by atoms with van der Waals surface area (Å²) in [6.45, 7) is 6.25. The Hall–Kier alpha value is -1.41. The minimum atomic E-state index is 0.104. The van der Waals surface area contributed by atoms with Crippen molar-refractivity contribution in [1.82, 2.24) is 0 Å². The first-order valence-corrected chi connectivity index (χ1v) is 7.78. The largest absolute Gasteiger partial charge is 0.289 e. The second-order valence-electron chi connectivity index (χ2n) is 4.98. The lowest BCUT2D eigenvalue weighted by Crippen LogP contribution is -2.05. The van der Waals surface area contributed by atoms with Crippen LogP contribution in [0.2, 0.25) is 0 Å². The lowest BCUT2D eigenvalue weighted by molar-refractivity contribution is 0.103. The van der Waals surface area contributed by atoms with Crippen LogP contribution in [-0.2, 0) is 12.8 Å². The summed E-state index contributed by atoms with van der Waals surface area (Å²) in [7, 11) is 0. The van der Waals surface area contributed by atoms with Gasteiger partial charge in [-0.15, -0.1) is 0 Å². The van der Waals surface area contributed by atoms with Gasteiger partial charge >= 0.3 is 0 Å². The second-order valence-corrected chi connectivity index (χ2v) is 5.89. The molecule has 20 heavy (non-hydrogen) atoms. The molecule has 0 unspecified atom stereocenters. The SMILES string of the molecule is CCc1ccc(C(=O)c2ccc(Br)cc2C)cc1CC. The third-order valence-corrected chi connectivity index (χ3v) is 4.16. The Kier molecular flexibility index (Phi) is 4.77. The van der Waals surface area contributed by atoms with Crippen LogP contribution in [0.15, 0.2) is 40.9 Å². The highest BCUT2D eigenvalue weighted by Gasteiger charge is 2.13. The highest BCUT2D eigenvalue weighted by atomic mass is 79.9. The summed E-state index contributed by atoms with van der Waals surface area (Å²) in [5, 5.41) is 0. The van der Waals surface area contributed by atoms with Crippen LogP contribution in [0, 0.1) is 6.92 Å². The fourth-order valence-corrected chi connectivity index (χ4v) is 2.95. The molecule has 2 rings (SSSR count). The van der Waals surface area contributed by atoms with E-state index in [-0.39, 0.29) is 5.78 Å². The smallest absolute Gasteiger partial charge is 0.193 e. The minimum Gasteiger partial charge on any atom is -0.289 e. The first-order chi connectivity index (χ1) is 9.56. The predicted octanol–water partition coefficient (Wildman–Crippen LogP) is 5.11. The quantitative estimate of drug-likeness (QED) is 0.711. The lowest BCUT2D eigenvalue weighted by atomic mass is 9.94. The van der Waals surface area contributed by atoms with Gasteiger partial charge in [-0.05, 0) is 60.7 Å². The molecule has 2 aromatic carbocycles. The van der Waals surface area contributed by atoms with Crippen molar-refractivity contribution in [2.24, 2.45) is 0 Å². The highest BCUT2D eigenvalue weighted by Crippen LogP contribution is 2.21. The molecule has 0 spiro atoms. The van der Waals surface area contributed by atoms with Crippen LogP contribution >= 0.6 is 15.9 Å². The predicted molar refractivity (Wildman–Crippen MR) is 87.5 cm³/mol. The molecule has 0 amide bonds. The third-order valence-electron chi connectivity index (χ3n) is 3.66. The van der Waals surface area contributed by atoms with E-state index in [1.807, 2.05) is 37.3 Å². The van der Waals surface area contributed by atoms with E-state index in [2.05, 4.69) is 35.8 Å². The van der Waals surface area contributed by atoms with Crippen molar-refractivity contribution in [2.75, 3.05) is 0 Å². The van der Waals surface area contributed by atoms with Gasteiger partial charge in [0.2, 0.25) is 0 Å². The van der Waals surface area contributed by atoms with E-state index in [1.54, 1.807) is 0 Å². The third kappa shape index (κ3) is 3.01. The van der Waals surface area contributed by atoms with E-state index in [0.717, 1.165) is 34.0 Å². The number of hydrogen-bond donors (Lipinski definition) is 0. The number of hydrogen-bond acceptors (Lipinski definition) is 1. The molecular weight excluding hydrogens is 312 g/mol. The average molecular weight is 331 g/mol. The molecule has 1 nitrogen and oxygen atoms in total. The van der Waals surface area contributed by atoms with E-state index in [0.29, 0.717) is 0 Å². The Labute approximate surface area is 129 Å². The van der Waals surface area contributed by atoms with Gasteiger partial charge < -0.3 is 0 Å². The van der Waals surface area contributed by atoms with E-state index in [4.69, 9.17) is 0 Å². The van der Waals surface area contributed by atoms with E-state index in [1.165, 1.54) is 11.1 Å². The molecule has 0 fully saturated rings. The number of halogens is 1. The Morgan fingerprint density at radius 2 is 1.70 bits per heavy atom. The van der Waals surface area contributed by atoms with Crippen LogP contribution in [0.4, 0.5) is 0 Å². The standard InChI is InChI=1S/C18H19BrO/c1-4-13-6-7-15(11-14(13)5-2)18(20)17-9-8-16(19)10-12(17)3/h6-11H,4-5H2,1-3H3. The number of carbonyl (C=O) groups is 1. The molecule has 0 saturated carbocycles. The second kappa shape index (κ2) is 6.36. The number of benzene rings is 2. The number of carbonyl (C=O) groups excluding carboxylic acids is 1. The molecule has 0 aromatic heterocycles. The van der Waals surface area contributed by atoms with E-state index < -0.39 is 0 Å². The maximum Gasteiger partial charge on any atom is 0.193 e. The fourth-order valence-electron chi connectivity index (χ4n) is 2.48. The van der Waals surface area contributed by atoms with Gasteiger partial charge in [-0.25, -0.2) is 0 Å². The summed E-state index contributed by atoms with van der Waals surface area (Å²) < 4.78 is 1.00. The molecule has 0 aliphatic carbocycles. The van der Waals surface area contributed by atoms with Gasteiger partial charge in [0.25, 0.3) is 0 Å². The number of aryl methyl sites for hydroxylation is 3. The first-order valence-electron chi connectivity index (χ1n) is 6.99. The lowest BCUT2D eigenvalue weighted by Gasteiger charge is -2.10.